The molecule has 10 heteroatoms. The van der Waals surface area contributed by atoms with Gasteiger partial charge in [0.2, 0.25) is 10.0 Å². The summed E-state index contributed by atoms with van der Waals surface area (Å²) >= 11 is 1.36. The SMILES string of the molecule is CCCCc1ccc2c(c1)sc(=NC(=O)C1CCCN(S(=O)(=O)c3ccccc3)C1)n2CC(=O)OCC. The summed E-state index contributed by atoms with van der Waals surface area (Å²) in [5.74, 6) is -1.32. The molecule has 0 aliphatic carbocycles. The van der Waals surface area contributed by atoms with Crippen LogP contribution in [0.25, 0.3) is 10.2 Å². The first-order chi connectivity index (χ1) is 17.8. The number of aryl methyl sites for hydroxylation is 1. The van der Waals surface area contributed by atoms with Crippen LogP contribution in [-0.4, -0.2) is 48.9 Å². The molecule has 1 aliphatic heterocycles. The van der Waals surface area contributed by atoms with Gasteiger partial charge in [-0.2, -0.15) is 9.30 Å². The van der Waals surface area contributed by atoms with Crippen LogP contribution in [0.15, 0.2) is 58.4 Å². The summed E-state index contributed by atoms with van der Waals surface area (Å²) in [5, 5.41) is 0. The fourth-order valence-electron chi connectivity index (χ4n) is 4.52. The van der Waals surface area contributed by atoms with Gasteiger partial charge < -0.3 is 9.30 Å². The molecular formula is C27H33N3O5S2. The summed E-state index contributed by atoms with van der Waals surface area (Å²) in [5.41, 5.74) is 2.02. The minimum absolute atomic E-state index is 0.0482. The highest BCUT2D eigenvalue weighted by molar-refractivity contribution is 7.89. The minimum Gasteiger partial charge on any atom is -0.465 e. The highest BCUT2D eigenvalue weighted by Crippen LogP contribution is 2.25. The Balaban J connectivity index is 1.64. The summed E-state index contributed by atoms with van der Waals surface area (Å²) in [6.45, 7) is 4.57. The van der Waals surface area contributed by atoms with Gasteiger partial charge in [-0.25, -0.2) is 8.42 Å². The Labute approximate surface area is 221 Å². The molecule has 1 saturated heterocycles. The van der Waals surface area contributed by atoms with Crippen molar-refractivity contribution in [3.05, 3.63) is 58.9 Å². The van der Waals surface area contributed by atoms with Crippen molar-refractivity contribution in [3.8, 4) is 0 Å². The number of hydrogen-bond donors (Lipinski definition) is 0. The molecule has 198 valence electrons. The molecule has 2 heterocycles. The van der Waals surface area contributed by atoms with Crippen molar-refractivity contribution in [3.63, 3.8) is 0 Å². The lowest BCUT2D eigenvalue weighted by atomic mass is 9.99. The van der Waals surface area contributed by atoms with Crippen LogP contribution in [0.5, 0.6) is 0 Å². The van der Waals surface area contributed by atoms with Crippen molar-refractivity contribution in [1.82, 2.24) is 8.87 Å². The van der Waals surface area contributed by atoms with Crippen molar-refractivity contribution >= 4 is 43.5 Å². The Morgan fingerprint density at radius 2 is 1.92 bits per heavy atom. The maximum atomic E-state index is 13.3. The molecule has 0 bridgehead atoms. The maximum Gasteiger partial charge on any atom is 0.326 e. The largest absolute Gasteiger partial charge is 0.465 e. The van der Waals surface area contributed by atoms with Crippen molar-refractivity contribution in [2.24, 2.45) is 10.9 Å². The van der Waals surface area contributed by atoms with E-state index in [1.54, 1.807) is 41.8 Å². The molecule has 1 unspecified atom stereocenters. The van der Waals surface area contributed by atoms with E-state index >= 15 is 0 Å². The van der Waals surface area contributed by atoms with Crippen LogP contribution in [-0.2, 0) is 37.3 Å². The Hall–Kier alpha value is -2.82. The summed E-state index contributed by atoms with van der Waals surface area (Å²) in [6.07, 6.45) is 4.28. The van der Waals surface area contributed by atoms with E-state index in [4.69, 9.17) is 4.74 Å². The maximum absolute atomic E-state index is 13.3. The lowest BCUT2D eigenvalue weighted by molar-refractivity contribution is -0.143. The van der Waals surface area contributed by atoms with Gasteiger partial charge in [0.1, 0.15) is 6.54 Å². The highest BCUT2D eigenvalue weighted by Gasteiger charge is 2.33. The lowest BCUT2D eigenvalue weighted by Gasteiger charge is -2.30. The molecule has 4 rings (SSSR count). The number of carbonyl (C=O) groups excluding carboxylic acids is 2. The van der Waals surface area contributed by atoms with E-state index in [0.717, 1.165) is 29.5 Å². The number of aromatic nitrogens is 1. The van der Waals surface area contributed by atoms with Gasteiger partial charge in [0.15, 0.2) is 4.80 Å². The van der Waals surface area contributed by atoms with Gasteiger partial charge in [0.25, 0.3) is 5.91 Å². The molecule has 0 spiro atoms. The smallest absolute Gasteiger partial charge is 0.326 e. The predicted octanol–water partition coefficient (Wildman–Crippen LogP) is 4.14. The van der Waals surface area contributed by atoms with Crippen LogP contribution in [0, 0.1) is 5.92 Å². The molecule has 0 saturated carbocycles. The number of fused-ring (bicyclic) bond motifs is 1. The van der Waals surface area contributed by atoms with Crippen LogP contribution < -0.4 is 4.80 Å². The topological polar surface area (TPSA) is 98.0 Å². The summed E-state index contributed by atoms with van der Waals surface area (Å²) in [7, 11) is -3.69. The first-order valence-electron chi connectivity index (χ1n) is 12.7. The Morgan fingerprint density at radius 3 is 2.65 bits per heavy atom. The zero-order chi connectivity index (χ0) is 26.4. The second-order valence-electron chi connectivity index (χ2n) is 9.15. The number of amides is 1. The number of sulfonamides is 1. The zero-order valence-corrected chi connectivity index (χ0v) is 22.9. The van der Waals surface area contributed by atoms with Crippen molar-refractivity contribution in [2.75, 3.05) is 19.7 Å². The number of esters is 1. The van der Waals surface area contributed by atoms with Crippen molar-refractivity contribution in [1.29, 1.82) is 0 Å². The number of nitrogens with zero attached hydrogens (tertiary/aromatic N) is 3. The van der Waals surface area contributed by atoms with Gasteiger partial charge in [-0.3, -0.25) is 9.59 Å². The molecule has 0 N–H and O–H groups in total. The van der Waals surface area contributed by atoms with Crippen LogP contribution in [0.4, 0.5) is 0 Å². The molecule has 0 radical (unpaired) electrons. The monoisotopic (exact) mass is 543 g/mol. The molecule has 1 amide bonds. The third-order valence-electron chi connectivity index (χ3n) is 6.48. The molecular weight excluding hydrogens is 510 g/mol. The van der Waals surface area contributed by atoms with Crippen LogP contribution in [0.1, 0.15) is 45.1 Å². The normalized spacial score (nSPS) is 17.2. The highest BCUT2D eigenvalue weighted by atomic mass is 32.2. The van der Waals surface area contributed by atoms with Gasteiger partial charge in [-0.15, -0.1) is 0 Å². The van der Waals surface area contributed by atoms with Crippen LogP contribution in [0.2, 0.25) is 0 Å². The van der Waals surface area contributed by atoms with Crippen molar-refractivity contribution in [2.45, 2.75) is 57.4 Å². The fraction of sp³-hybridized carbons (Fsp3) is 0.444. The number of piperidine rings is 1. The number of rotatable bonds is 9. The predicted molar refractivity (Wildman–Crippen MR) is 144 cm³/mol. The molecule has 3 aromatic rings. The van der Waals surface area contributed by atoms with E-state index in [-0.39, 0.29) is 30.5 Å². The summed E-state index contributed by atoms with van der Waals surface area (Å²) < 4.78 is 35.4. The third kappa shape index (κ3) is 6.37. The third-order valence-corrected chi connectivity index (χ3v) is 9.40. The number of hydrogen-bond acceptors (Lipinski definition) is 6. The Kier molecular flexibility index (Phi) is 8.94. The number of ether oxygens (including phenoxy) is 1. The van der Waals surface area contributed by atoms with E-state index in [2.05, 4.69) is 18.0 Å². The number of thiazole rings is 1. The standard InChI is InChI=1S/C27H33N3O5S2/c1-3-5-10-20-14-15-23-24(17-20)36-27(30(23)19-25(31)35-4-2)28-26(32)21-11-9-16-29(18-21)37(33,34)22-12-7-6-8-13-22/h6-8,12-15,17,21H,3-5,9-11,16,18-19H2,1-2H3. The average Bonchev–Trinajstić information content (AvgIpc) is 3.23. The van der Waals surface area contributed by atoms with E-state index in [9.17, 15) is 18.0 Å². The van der Waals surface area contributed by atoms with Gasteiger partial charge >= 0.3 is 5.97 Å². The van der Waals surface area contributed by atoms with Gasteiger partial charge in [0, 0.05) is 13.1 Å². The van der Waals surface area contributed by atoms with E-state index in [0.29, 0.717) is 24.2 Å². The van der Waals surface area contributed by atoms with Gasteiger partial charge in [-0.05, 0) is 62.4 Å². The van der Waals surface area contributed by atoms with E-state index in [1.807, 2.05) is 12.1 Å². The number of carbonyl (C=O) groups is 2. The molecule has 1 aromatic heterocycles. The van der Waals surface area contributed by atoms with Gasteiger partial charge in [0.05, 0.1) is 27.6 Å². The minimum atomic E-state index is -3.69. The van der Waals surface area contributed by atoms with E-state index < -0.39 is 21.9 Å². The van der Waals surface area contributed by atoms with Crippen LogP contribution >= 0.6 is 11.3 Å². The van der Waals surface area contributed by atoms with Crippen molar-refractivity contribution < 1.29 is 22.7 Å². The molecule has 1 atom stereocenters. The Morgan fingerprint density at radius 1 is 1.14 bits per heavy atom. The van der Waals surface area contributed by atoms with Crippen LogP contribution in [0.3, 0.4) is 0 Å². The average molecular weight is 544 g/mol. The fourth-order valence-corrected chi connectivity index (χ4v) is 7.16. The van der Waals surface area contributed by atoms with Gasteiger partial charge in [-0.1, -0.05) is 48.9 Å². The second-order valence-corrected chi connectivity index (χ2v) is 12.1. The molecule has 37 heavy (non-hydrogen) atoms. The summed E-state index contributed by atoms with van der Waals surface area (Å²) in [6, 6.07) is 14.4. The van der Waals surface area contributed by atoms with E-state index in [1.165, 1.54) is 21.2 Å². The quantitative estimate of drug-likeness (QED) is 0.378. The number of benzene rings is 2. The molecule has 1 aliphatic rings. The summed E-state index contributed by atoms with van der Waals surface area (Å²) in [4.78, 5) is 30.7. The Bertz CT molecular complexity index is 1430. The second kappa shape index (κ2) is 12.1. The lowest BCUT2D eigenvalue weighted by Crippen LogP contribution is -2.42. The first kappa shape index (κ1) is 27.2. The first-order valence-corrected chi connectivity index (χ1v) is 15.0. The zero-order valence-electron chi connectivity index (χ0n) is 21.3. The molecule has 1 fully saturated rings. The number of unbranched alkanes of at least 4 members (excludes halogenated alkanes) is 1. The molecule has 8 nitrogen and oxygen atoms in total. The molecule has 2 aromatic carbocycles.